The fourth-order valence-corrected chi connectivity index (χ4v) is 3.26. The molecule has 1 heterocycles. The van der Waals surface area contributed by atoms with Gasteiger partial charge in [0, 0.05) is 24.7 Å². The molecule has 22 heavy (non-hydrogen) atoms. The zero-order valence-electron chi connectivity index (χ0n) is 13.0. The van der Waals surface area contributed by atoms with E-state index < -0.39 is 0 Å². The summed E-state index contributed by atoms with van der Waals surface area (Å²) in [6.07, 6.45) is 4.87. The smallest absolute Gasteiger partial charge is 0.315 e. The average Bonchev–Trinajstić information content (AvgIpc) is 3.10. The Kier molecular flexibility index (Phi) is 4.32. The number of rotatable bonds is 3. The molecule has 1 saturated heterocycles. The standard InChI is InChI=1S/C17H23N3O2/c1-12-6-8-15(9-7-12)20-11-14(10-16(20)21)19-17(22)18-13-4-2-3-5-13/h6-9,13-14H,2-5,10-11H2,1H3,(H2,18,19,22). The second-order valence-corrected chi connectivity index (χ2v) is 6.34. The van der Waals surface area contributed by atoms with Gasteiger partial charge in [0.25, 0.3) is 0 Å². The Morgan fingerprint density at radius 1 is 1.09 bits per heavy atom. The van der Waals surface area contributed by atoms with E-state index in [2.05, 4.69) is 10.6 Å². The second kappa shape index (κ2) is 6.38. The van der Waals surface area contributed by atoms with Crippen LogP contribution in [0.3, 0.4) is 0 Å². The Morgan fingerprint density at radius 3 is 2.41 bits per heavy atom. The molecule has 2 N–H and O–H groups in total. The molecule has 0 aromatic heterocycles. The van der Waals surface area contributed by atoms with Gasteiger partial charge in [0.2, 0.25) is 5.91 Å². The van der Waals surface area contributed by atoms with Crippen molar-refractivity contribution in [3.8, 4) is 0 Å². The predicted molar refractivity (Wildman–Crippen MR) is 85.9 cm³/mol. The van der Waals surface area contributed by atoms with Crippen LogP contribution in [0.25, 0.3) is 0 Å². The van der Waals surface area contributed by atoms with Gasteiger partial charge in [-0.1, -0.05) is 30.5 Å². The number of carbonyl (C=O) groups is 2. The lowest BCUT2D eigenvalue weighted by Crippen LogP contribution is -2.46. The summed E-state index contributed by atoms with van der Waals surface area (Å²) >= 11 is 0. The van der Waals surface area contributed by atoms with Crippen LogP contribution >= 0.6 is 0 Å². The van der Waals surface area contributed by atoms with Gasteiger partial charge in [0.15, 0.2) is 0 Å². The van der Waals surface area contributed by atoms with Crippen molar-refractivity contribution < 1.29 is 9.59 Å². The number of urea groups is 1. The summed E-state index contributed by atoms with van der Waals surface area (Å²) in [5.41, 5.74) is 2.07. The topological polar surface area (TPSA) is 61.4 Å². The van der Waals surface area contributed by atoms with Crippen molar-refractivity contribution in [2.75, 3.05) is 11.4 Å². The molecule has 1 aliphatic heterocycles. The molecule has 0 spiro atoms. The molecule has 1 saturated carbocycles. The molecule has 1 aliphatic carbocycles. The third-order valence-corrected chi connectivity index (χ3v) is 4.50. The molecule has 1 aromatic rings. The minimum absolute atomic E-state index is 0.0648. The number of nitrogens with zero attached hydrogens (tertiary/aromatic N) is 1. The van der Waals surface area contributed by atoms with Crippen LogP contribution in [0.5, 0.6) is 0 Å². The minimum Gasteiger partial charge on any atom is -0.335 e. The number of amides is 3. The first-order chi connectivity index (χ1) is 10.6. The van der Waals surface area contributed by atoms with Gasteiger partial charge in [-0.05, 0) is 31.9 Å². The van der Waals surface area contributed by atoms with E-state index in [1.54, 1.807) is 4.90 Å². The van der Waals surface area contributed by atoms with Gasteiger partial charge in [-0.25, -0.2) is 4.79 Å². The highest BCUT2D eigenvalue weighted by Crippen LogP contribution is 2.22. The van der Waals surface area contributed by atoms with Crippen LogP contribution in [0, 0.1) is 6.92 Å². The van der Waals surface area contributed by atoms with Crippen LogP contribution in [-0.4, -0.2) is 30.6 Å². The van der Waals surface area contributed by atoms with Gasteiger partial charge in [-0.3, -0.25) is 4.79 Å². The fraction of sp³-hybridized carbons (Fsp3) is 0.529. The van der Waals surface area contributed by atoms with Gasteiger partial charge in [0.05, 0.1) is 6.04 Å². The first-order valence-corrected chi connectivity index (χ1v) is 8.06. The lowest BCUT2D eigenvalue weighted by molar-refractivity contribution is -0.117. The van der Waals surface area contributed by atoms with Crippen molar-refractivity contribution in [1.29, 1.82) is 0 Å². The van der Waals surface area contributed by atoms with E-state index in [0.717, 1.165) is 18.5 Å². The molecule has 1 unspecified atom stereocenters. The molecule has 2 aliphatic rings. The number of hydrogen-bond acceptors (Lipinski definition) is 2. The van der Waals surface area contributed by atoms with Crippen molar-refractivity contribution in [3.63, 3.8) is 0 Å². The van der Waals surface area contributed by atoms with Gasteiger partial charge >= 0.3 is 6.03 Å². The van der Waals surface area contributed by atoms with E-state index in [9.17, 15) is 9.59 Å². The summed E-state index contributed by atoms with van der Waals surface area (Å²) in [7, 11) is 0. The van der Waals surface area contributed by atoms with Gasteiger partial charge < -0.3 is 15.5 Å². The Balaban J connectivity index is 1.55. The predicted octanol–water partition coefficient (Wildman–Crippen LogP) is 2.34. The maximum Gasteiger partial charge on any atom is 0.315 e. The highest BCUT2D eigenvalue weighted by Gasteiger charge is 2.32. The van der Waals surface area contributed by atoms with Gasteiger partial charge in [0.1, 0.15) is 0 Å². The second-order valence-electron chi connectivity index (χ2n) is 6.34. The summed E-state index contributed by atoms with van der Waals surface area (Å²) in [5, 5.41) is 5.94. The lowest BCUT2D eigenvalue weighted by Gasteiger charge is -2.18. The number of benzene rings is 1. The molecule has 1 aromatic carbocycles. The Hall–Kier alpha value is -2.04. The number of nitrogens with one attached hydrogen (secondary N) is 2. The Bertz CT molecular complexity index is 550. The lowest BCUT2D eigenvalue weighted by atomic mass is 10.2. The Labute approximate surface area is 131 Å². The molecule has 3 rings (SSSR count). The van der Waals surface area contributed by atoms with Gasteiger partial charge in [-0.2, -0.15) is 0 Å². The van der Waals surface area contributed by atoms with Crippen LogP contribution in [0.4, 0.5) is 10.5 Å². The van der Waals surface area contributed by atoms with Crippen LogP contribution in [-0.2, 0) is 4.79 Å². The van der Waals surface area contributed by atoms with E-state index in [0.29, 0.717) is 19.0 Å². The quantitative estimate of drug-likeness (QED) is 0.900. The number of aryl methyl sites for hydroxylation is 1. The summed E-state index contributed by atoms with van der Waals surface area (Å²) in [6.45, 7) is 2.56. The summed E-state index contributed by atoms with van der Waals surface area (Å²) in [6, 6.07) is 7.94. The molecule has 5 heteroatoms. The zero-order chi connectivity index (χ0) is 15.5. The van der Waals surface area contributed by atoms with Crippen LogP contribution < -0.4 is 15.5 Å². The maximum atomic E-state index is 12.2. The number of carbonyl (C=O) groups excluding carboxylic acids is 2. The molecule has 0 radical (unpaired) electrons. The summed E-state index contributed by atoms with van der Waals surface area (Å²) in [5.74, 6) is 0.0648. The molecule has 118 valence electrons. The van der Waals surface area contributed by atoms with Crippen LogP contribution in [0.1, 0.15) is 37.7 Å². The highest BCUT2D eigenvalue weighted by atomic mass is 16.2. The van der Waals surface area contributed by atoms with E-state index in [1.807, 2.05) is 31.2 Å². The van der Waals surface area contributed by atoms with Gasteiger partial charge in [-0.15, -0.1) is 0 Å². The van der Waals surface area contributed by atoms with Crippen LogP contribution in [0.15, 0.2) is 24.3 Å². The summed E-state index contributed by atoms with van der Waals surface area (Å²) < 4.78 is 0. The molecule has 1 atom stereocenters. The zero-order valence-corrected chi connectivity index (χ0v) is 13.0. The monoisotopic (exact) mass is 301 g/mol. The highest BCUT2D eigenvalue weighted by molar-refractivity contribution is 5.96. The maximum absolute atomic E-state index is 12.2. The molecular formula is C17H23N3O2. The van der Waals surface area contributed by atoms with Crippen molar-refractivity contribution in [1.82, 2.24) is 10.6 Å². The average molecular weight is 301 g/mol. The van der Waals surface area contributed by atoms with E-state index in [4.69, 9.17) is 0 Å². The fourth-order valence-electron chi connectivity index (χ4n) is 3.26. The molecule has 5 nitrogen and oxygen atoms in total. The SMILES string of the molecule is Cc1ccc(N2CC(NC(=O)NC3CCCC3)CC2=O)cc1. The number of anilines is 1. The number of hydrogen-bond donors (Lipinski definition) is 2. The van der Waals surface area contributed by atoms with Crippen LogP contribution in [0.2, 0.25) is 0 Å². The normalized spacial score (nSPS) is 22.1. The minimum atomic E-state index is -0.143. The first kappa shape index (κ1) is 14.9. The third-order valence-electron chi connectivity index (χ3n) is 4.50. The largest absolute Gasteiger partial charge is 0.335 e. The molecule has 0 bridgehead atoms. The van der Waals surface area contributed by atoms with Crippen molar-refractivity contribution in [3.05, 3.63) is 29.8 Å². The van der Waals surface area contributed by atoms with E-state index >= 15 is 0 Å². The van der Waals surface area contributed by atoms with E-state index in [1.165, 1.54) is 18.4 Å². The molecule has 3 amide bonds. The van der Waals surface area contributed by atoms with Crippen molar-refractivity contribution in [2.45, 2.75) is 51.1 Å². The molecule has 2 fully saturated rings. The first-order valence-electron chi connectivity index (χ1n) is 8.06. The van der Waals surface area contributed by atoms with Crippen molar-refractivity contribution >= 4 is 17.6 Å². The van der Waals surface area contributed by atoms with E-state index in [-0.39, 0.29) is 18.0 Å². The van der Waals surface area contributed by atoms with Crippen molar-refractivity contribution in [2.24, 2.45) is 0 Å². The summed E-state index contributed by atoms with van der Waals surface area (Å²) in [4.78, 5) is 25.9. The third kappa shape index (κ3) is 3.40. The Morgan fingerprint density at radius 2 is 1.73 bits per heavy atom. The molecular weight excluding hydrogens is 278 g/mol.